The Morgan fingerprint density at radius 1 is 1.33 bits per heavy atom. The number of hydrogen-bond donors (Lipinski definition) is 0. The molecule has 1 aromatic heterocycles. The van der Waals surface area contributed by atoms with Crippen molar-refractivity contribution in [3.8, 4) is 0 Å². The van der Waals surface area contributed by atoms with E-state index >= 15 is 0 Å². The number of aromatic nitrogens is 1. The molecule has 0 aliphatic carbocycles. The molecule has 1 aliphatic rings. The van der Waals surface area contributed by atoms with Crippen LogP contribution in [0.15, 0.2) is 24.3 Å². The van der Waals surface area contributed by atoms with Gasteiger partial charge in [-0.1, -0.05) is 0 Å². The van der Waals surface area contributed by atoms with Crippen molar-refractivity contribution < 1.29 is 0 Å². The molecule has 0 unspecified atom stereocenters. The van der Waals surface area contributed by atoms with Crippen LogP contribution < -0.4 is 4.90 Å². The second-order valence-electron chi connectivity index (χ2n) is 5.13. The van der Waals surface area contributed by atoms with Gasteiger partial charge < -0.3 is 4.90 Å². The van der Waals surface area contributed by atoms with Gasteiger partial charge in [0.15, 0.2) is 0 Å². The van der Waals surface area contributed by atoms with Crippen molar-refractivity contribution in [1.29, 1.82) is 0 Å². The molecule has 1 aliphatic heterocycles. The van der Waals surface area contributed by atoms with E-state index in [1.165, 1.54) is 34.0 Å². The van der Waals surface area contributed by atoms with E-state index in [1.807, 2.05) is 0 Å². The zero-order valence-corrected chi connectivity index (χ0v) is 12.9. The highest BCUT2D eigenvalue weighted by Crippen LogP contribution is 2.32. The minimum absolute atomic E-state index is 0.647. The number of benzene rings is 1. The summed E-state index contributed by atoms with van der Waals surface area (Å²) in [6, 6.07) is 9.44. The standard InChI is InChI=1S/C15H17IN2/c1-10-8-15(18-7-3-4-11(18)2)13-6-5-12(16)9-14(13)17-10/h5-6,8-9,11H,3-4,7H2,1-2H3/t11-/m1/s1. The molecule has 1 fully saturated rings. The number of anilines is 1. The summed E-state index contributed by atoms with van der Waals surface area (Å²) in [5.74, 6) is 0. The highest BCUT2D eigenvalue weighted by Gasteiger charge is 2.22. The van der Waals surface area contributed by atoms with Gasteiger partial charge in [-0.25, -0.2) is 0 Å². The van der Waals surface area contributed by atoms with E-state index in [4.69, 9.17) is 0 Å². The van der Waals surface area contributed by atoms with Crippen LogP contribution in [-0.4, -0.2) is 17.6 Å². The van der Waals surface area contributed by atoms with E-state index in [2.05, 4.69) is 70.6 Å². The number of hydrogen-bond acceptors (Lipinski definition) is 2. The fourth-order valence-corrected chi connectivity index (χ4v) is 3.32. The summed E-state index contributed by atoms with van der Waals surface area (Å²) >= 11 is 2.35. The van der Waals surface area contributed by atoms with Crippen molar-refractivity contribution in [3.63, 3.8) is 0 Å². The molecule has 3 heteroatoms. The first-order chi connectivity index (χ1) is 8.65. The lowest BCUT2D eigenvalue weighted by Gasteiger charge is -2.25. The monoisotopic (exact) mass is 352 g/mol. The van der Waals surface area contributed by atoms with Crippen LogP contribution in [0.3, 0.4) is 0 Å². The van der Waals surface area contributed by atoms with Crippen molar-refractivity contribution in [2.75, 3.05) is 11.4 Å². The Morgan fingerprint density at radius 2 is 2.17 bits per heavy atom. The average molecular weight is 352 g/mol. The van der Waals surface area contributed by atoms with Crippen molar-refractivity contribution in [2.45, 2.75) is 32.7 Å². The van der Waals surface area contributed by atoms with Crippen LogP contribution in [0.25, 0.3) is 10.9 Å². The Balaban J connectivity index is 2.21. The lowest BCUT2D eigenvalue weighted by Crippen LogP contribution is -2.26. The maximum Gasteiger partial charge on any atom is 0.0736 e. The molecule has 1 aromatic carbocycles. The summed E-state index contributed by atoms with van der Waals surface area (Å²) in [7, 11) is 0. The van der Waals surface area contributed by atoms with E-state index in [0.717, 1.165) is 11.2 Å². The Morgan fingerprint density at radius 3 is 2.89 bits per heavy atom. The third-order valence-corrected chi connectivity index (χ3v) is 4.41. The van der Waals surface area contributed by atoms with Gasteiger partial charge >= 0.3 is 0 Å². The Labute approximate surface area is 122 Å². The maximum atomic E-state index is 4.66. The van der Waals surface area contributed by atoms with Gasteiger partial charge in [-0.2, -0.15) is 0 Å². The summed E-state index contributed by atoms with van der Waals surface area (Å²) in [4.78, 5) is 7.19. The molecule has 2 nitrogen and oxygen atoms in total. The van der Waals surface area contributed by atoms with Crippen molar-refractivity contribution in [2.24, 2.45) is 0 Å². The van der Waals surface area contributed by atoms with Gasteiger partial charge in [-0.05, 0) is 73.5 Å². The number of aryl methyl sites for hydroxylation is 1. The predicted octanol–water partition coefficient (Wildman–Crippen LogP) is 4.14. The van der Waals surface area contributed by atoms with Crippen LogP contribution in [0.4, 0.5) is 5.69 Å². The number of fused-ring (bicyclic) bond motifs is 1. The van der Waals surface area contributed by atoms with Crippen molar-refractivity contribution in [1.82, 2.24) is 4.98 Å². The van der Waals surface area contributed by atoms with Gasteiger partial charge in [0.25, 0.3) is 0 Å². The largest absolute Gasteiger partial charge is 0.368 e. The first-order valence-corrected chi connectivity index (χ1v) is 7.56. The van der Waals surface area contributed by atoms with Gasteiger partial charge in [0.1, 0.15) is 0 Å². The summed E-state index contributed by atoms with van der Waals surface area (Å²) in [5, 5.41) is 1.29. The average Bonchev–Trinajstić information content (AvgIpc) is 2.73. The topological polar surface area (TPSA) is 16.1 Å². The van der Waals surface area contributed by atoms with E-state index in [9.17, 15) is 0 Å². The highest BCUT2D eigenvalue weighted by atomic mass is 127. The van der Waals surface area contributed by atoms with E-state index in [0.29, 0.717) is 6.04 Å². The Kier molecular flexibility index (Phi) is 3.18. The zero-order valence-electron chi connectivity index (χ0n) is 10.8. The third-order valence-electron chi connectivity index (χ3n) is 3.74. The molecule has 2 aromatic rings. The predicted molar refractivity (Wildman–Crippen MR) is 85.2 cm³/mol. The van der Waals surface area contributed by atoms with E-state index in [1.54, 1.807) is 0 Å². The molecule has 1 saturated heterocycles. The molecule has 18 heavy (non-hydrogen) atoms. The minimum atomic E-state index is 0.647. The molecule has 0 bridgehead atoms. The maximum absolute atomic E-state index is 4.66. The number of nitrogens with zero attached hydrogens (tertiary/aromatic N) is 2. The van der Waals surface area contributed by atoms with Gasteiger partial charge in [0, 0.05) is 32.9 Å². The molecule has 2 heterocycles. The first kappa shape index (κ1) is 12.2. The first-order valence-electron chi connectivity index (χ1n) is 6.49. The molecular formula is C15H17IN2. The summed E-state index contributed by atoms with van der Waals surface area (Å²) < 4.78 is 1.25. The van der Waals surface area contributed by atoms with Gasteiger partial charge in [0.2, 0.25) is 0 Å². The quantitative estimate of drug-likeness (QED) is 0.718. The molecule has 3 rings (SSSR count). The minimum Gasteiger partial charge on any atom is -0.368 e. The second-order valence-corrected chi connectivity index (χ2v) is 6.37. The lowest BCUT2D eigenvalue weighted by molar-refractivity contribution is 0.736. The van der Waals surface area contributed by atoms with Crippen LogP contribution in [-0.2, 0) is 0 Å². The third kappa shape index (κ3) is 2.09. The summed E-state index contributed by atoms with van der Waals surface area (Å²) in [6.45, 7) is 5.58. The SMILES string of the molecule is Cc1cc(N2CCC[C@H]2C)c2ccc(I)cc2n1. The van der Waals surface area contributed by atoms with Gasteiger partial charge in [0.05, 0.1) is 5.52 Å². The lowest BCUT2D eigenvalue weighted by atomic mass is 10.1. The van der Waals surface area contributed by atoms with Gasteiger partial charge in [-0.15, -0.1) is 0 Å². The van der Waals surface area contributed by atoms with Crippen LogP contribution >= 0.6 is 22.6 Å². The van der Waals surface area contributed by atoms with Crippen LogP contribution in [0, 0.1) is 10.5 Å². The van der Waals surface area contributed by atoms with E-state index < -0.39 is 0 Å². The fraction of sp³-hybridized carbons (Fsp3) is 0.400. The van der Waals surface area contributed by atoms with Crippen LogP contribution in [0.2, 0.25) is 0 Å². The summed E-state index contributed by atoms with van der Waals surface area (Å²) in [5.41, 5.74) is 3.59. The van der Waals surface area contributed by atoms with Crippen molar-refractivity contribution in [3.05, 3.63) is 33.5 Å². The van der Waals surface area contributed by atoms with E-state index in [-0.39, 0.29) is 0 Å². The van der Waals surface area contributed by atoms with Crippen LogP contribution in [0.5, 0.6) is 0 Å². The molecular weight excluding hydrogens is 335 g/mol. The van der Waals surface area contributed by atoms with Gasteiger partial charge in [-0.3, -0.25) is 4.98 Å². The smallest absolute Gasteiger partial charge is 0.0736 e. The Hall–Kier alpha value is -0.840. The number of rotatable bonds is 1. The Bertz CT molecular complexity index is 589. The highest BCUT2D eigenvalue weighted by molar-refractivity contribution is 14.1. The second kappa shape index (κ2) is 4.68. The van der Waals surface area contributed by atoms with Crippen LogP contribution in [0.1, 0.15) is 25.5 Å². The number of halogens is 1. The molecule has 0 saturated carbocycles. The molecule has 1 atom stereocenters. The molecule has 94 valence electrons. The molecule has 0 spiro atoms. The zero-order chi connectivity index (χ0) is 12.7. The normalized spacial score (nSPS) is 19.7. The van der Waals surface area contributed by atoms with Crippen molar-refractivity contribution >= 4 is 39.2 Å². The molecule has 0 amide bonds. The molecule has 0 N–H and O–H groups in total. The molecule has 0 radical (unpaired) electrons. The summed E-state index contributed by atoms with van der Waals surface area (Å²) in [6.07, 6.45) is 2.60. The number of pyridine rings is 1. The fourth-order valence-electron chi connectivity index (χ4n) is 2.84.